The predicted molar refractivity (Wildman–Crippen MR) is 31.8 cm³/mol. The van der Waals surface area contributed by atoms with E-state index in [-0.39, 0.29) is 5.92 Å². The monoisotopic (exact) mass is 95.1 g/mol. The van der Waals surface area contributed by atoms with Gasteiger partial charge in [-0.25, -0.2) is 0 Å². The van der Waals surface area contributed by atoms with E-state index in [0.29, 0.717) is 0 Å². The second-order valence-corrected chi connectivity index (χ2v) is 1.63. The maximum absolute atomic E-state index is 7.15. The van der Waals surface area contributed by atoms with Crippen LogP contribution in [-0.4, -0.2) is 0 Å². The topological polar surface area (TPSA) is 0 Å². The highest BCUT2D eigenvalue weighted by Gasteiger charge is 1.91. The summed E-state index contributed by atoms with van der Waals surface area (Å²) in [5, 5.41) is 0. The van der Waals surface area contributed by atoms with Crippen LogP contribution in [0.2, 0.25) is 0 Å². The van der Waals surface area contributed by atoms with Crippen molar-refractivity contribution < 1.29 is 0 Å². The fourth-order valence-corrected chi connectivity index (χ4v) is 0.368. The van der Waals surface area contributed by atoms with Gasteiger partial charge in [0.25, 0.3) is 0 Å². The molecule has 0 aliphatic carbocycles. The van der Waals surface area contributed by atoms with Gasteiger partial charge < -0.3 is 0 Å². The standard InChI is InChI=1S/C7H11/c1-4-6-7(3)5-2/h4,7H,1,5-6H2,2H3. The Morgan fingerprint density at radius 2 is 2.43 bits per heavy atom. The van der Waals surface area contributed by atoms with Crippen molar-refractivity contribution in [2.24, 2.45) is 5.92 Å². The summed E-state index contributed by atoms with van der Waals surface area (Å²) in [7, 11) is 0. The quantitative estimate of drug-likeness (QED) is 0.471. The van der Waals surface area contributed by atoms with Crippen molar-refractivity contribution in [2.75, 3.05) is 0 Å². The van der Waals surface area contributed by atoms with Gasteiger partial charge >= 0.3 is 0 Å². The molecule has 0 saturated carbocycles. The molecule has 0 bridgehead atoms. The lowest BCUT2D eigenvalue weighted by molar-refractivity contribution is 0.635. The van der Waals surface area contributed by atoms with Crippen LogP contribution in [0.3, 0.4) is 0 Å². The van der Waals surface area contributed by atoms with Crippen molar-refractivity contribution in [3.8, 4) is 0 Å². The maximum atomic E-state index is 7.15. The van der Waals surface area contributed by atoms with Gasteiger partial charge in [-0.05, 0) is 19.3 Å². The minimum Gasteiger partial charge on any atom is -0.103 e. The van der Waals surface area contributed by atoms with Crippen molar-refractivity contribution in [3.05, 3.63) is 19.6 Å². The summed E-state index contributed by atoms with van der Waals surface area (Å²) in [6.07, 6.45) is 3.56. The summed E-state index contributed by atoms with van der Waals surface area (Å²) in [4.78, 5) is 0. The zero-order valence-corrected chi connectivity index (χ0v) is 4.78. The summed E-state index contributed by atoms with van der Waals surface area (Å²) in [6, 6.07) is 0. The van der Waals surface area contributed by atoms with E-state index < -0.39 is 0 Å². The molecular weight excluding hydrogens is 84.1 g/mol. The Hall–Kier alpha value is -0.260. The first kappa shape index (κ1) is 6.74. The zero-order chi connectivity index (χ0) is 5.70. The number of hydrogen-bond donors (Lipinski definition) is 0. The van der Waals surface area contributed by atoms with Gasteiger partial charge in [-0.15, -0.1) is 6.58 Å². The average molecular weight is 95.2 g/mol. The van der Waals surface area contributed by atoms with Crippen molar-refractivity contribution in [3.63, 3.8) is 0 Å². The van der Waals surface area contributed by atoms with E-state index in [1.165, 1.54) is 0 Å². The highest BCUT2D eigenvalue weighted by atomic mass is 14.0. The molecular formula is C7H11. The van der Waals surface area contributed by atoms with Gasteiger partial charge in [-0.3, -0.25) is 0 Å². The first-order chi connectivity index (χ1) is 3.31. The minimum atomic E-state index is 0.0810. The minimum absolute atomic E-state index is 0.0810. The summed E-state index contributed by atoms with van der Waals surface area (Å²) in [5.41, 5.74) is 0. The van der Waals surface area contributed by atoms with Gasteiger partial charge in [0.1, 0.15) is 0 Å². The molecule has 0 aromatic carbocycles. The fraction of sp³-hybridized carbons (Fsp3) is 0.571. The van der Waals surface area contributed by atoms with E-state index in [0.717, 1.165) is 12.8 Å². The smallest absolute Gasteiger partial charge is 0.00536 e. The molecule has 0 heterocycles. The second-order valence-electron chi connectivity index (χ2n) is 1.63. The third-order valence-electron chi connectivity index (χ3n) is 0.944. The Balaban J connectivity index is 2.98. The molecule has 3 radical (unpaired) electrons. The molecule has 39 valence electrons. The van der Waals surface area contributed by atoms with Crippen LogP contribution >= 0.6 is 0 Å². The van der Waals surface area contributed by atoms with Crippen LogP contribution in [0, 0.1) is 12.8 Å². The Kier molecular flexibility index (Phi) is 3.77. The fourth-order valence-electron chi connectivity index (χ4n) is 0.368. The van der Waals surface area contributed by atoms with Crippen LogP contribution in [0.25, 0.3) is 0 Å². The molecule has 0 aliphatic heterocycles. The Bertz CT molecular complexity index is 46.0. The SMILES string of the molecule is [C]C(CC)CC=C. The predicted octanol–water partition coefficient (Wildman–Crippen LogP) is 2.18. The van der Waals surface area contributed by atoms with Crippen molar-refractivity contribution in [1.29, 1.82) is 0 Å². The highest BCUT2D eigenvalue weighted by Crippen LogP contribution is 2.04. The molecule has 0 rings (SSSR count). The Morgan fingerprint density at radius 1 is 1.86 bits per heavy atom. The largest absolute Gasteiger partial charge is 0.103 e. The van der Waals surface area contributed by atoms with Gasteiger partial charge in [0, 0.05) is 0 Å². The Labute approximate surface area is 46.2 Å². The van der Waals surface area contributed by atoms with Gasteiger partial charge in [0.05, 0.1) is 0 Å². The first-order valence-electron chi connectivity index (χ1n) is 2.63. The van der Waals surface area contributed by atoms with Crippen LogP contribution in [0.1, 0.15) is 19.8 Å². The van der Waals surface area contributed by atoms with E-state index >= 15 is 0 Å². The molecule has 0 amide bonds. The molecule has 1 unspecified atom stereocenters. The van der Waals surface area contributed by atoms with Crippen LogP contribution in [0.5, 0.6) is 0 Å². The zero-order valence-electron chi connectivity index (χ0n) is 4.78. The lowest BCUT2D eigenvalue weighted by Crippen LogP contribution is -1.87. The molecule has 0 heteroatoms. The van der Waals surface area contributed by atoms with Crippen molar-refractivity contribution in [2.45, 2.75) is 19.8 Å². The van der Waals surface area contributed by atoms with E-state index in [9.17, 15) is 0 Å². The lowest BCUT2D eigenvalue weighted by Gasteiger charge is -1.99. The molecule has 7 heavy (non-hydrogen) atoms. The van der Waals surface area contributed by atoms with E-state index in [1.54, 1.807) is 6.08 Å². The highest BCUT2D eigenvalue weighted by molar-refractivity contribution is 4.72. The number of allylic oxidation sites excluding steroid dienone is 1. The third kappa shape index (κ3) is 3.57. The first-order valence-corrected chi connectivity index (χ1v) is 2.63. The third-order valence-corrected chi connectivity index (χ3v) is 0.944. The molecule has 0 aromatic heterocycles. The van der Waals surface area contributed by atoms with Crippen LogP contribution in [-0.2, 0) is 0 Å². The van der Waals surface area contributed by atoms with Gasteiger partial charge in [-0.1, -0.05) is 19.4 Å². The van der Waals surface area contributed by atoms with E-state index in [1.807, 2.05) is 6.92 Å². The van der Waals surface area contributed by atoms with Gasteiger partial charge in [0.2, 0.25) is 0 Å². The molecule has 0 nitrogen and oxygen atoms in total. The van der Waals surface area contributed by atoms with Crippen molar-refractivity contribution in [1.82, 2.24) is 0 Å². The summed E-state index contributed by atoms with van der Waals surface area (Å²) < 4.78 is 0. The van der Waals surface area contributed by atoms with E-state index in [4.69, 9.17) is 6.92 Å². The number of rotatable bonds is 3. The van der Waals surface area contributed by atoms with Crippen LogP contribution < -0.4 is 0 Å². The molecule has 0 aromatic rings. The van der Waals surface area contributed by atoms with Gasteiger partial charge in [-0.2, -0.15) is 0 Å². The second kappa shape index (κ2) is 3.91. The molecule has 0 fully saturated rings. The summed E-state index contributed by atoms with van der Waals surface area (Å²) in [5.74, 6) is 0.0810. The molecule has 0 saturated heterocycles. The average Bonchev–Trinajstić information content (AvgIpc) is 1.68. The molecule has 0 N–H and O–H groups in total. The maximum Gasteiger partial charge on any atom is -0.00536 e. The summed E-state index contributed by atoms with van der Waals surface area (Å²) in [6.45, 7) is 12.7. The van der Waals surface area contributed by atoms with Crippen molar-refractivity contribution >= 4 is 0 Å². The molecule has 1 atom stereocenters. The molecule has 0 spiro atoms. The van der Waals surface area contributed by atoms with Gasteiger partial charge in [0.15, 0.2) is 0 Å². The normalized spacial score (nSPS) is 13.4. The van der Waals surface area contributed by atoms with Crippen LogP contribution in [0.15, 0.2) is 12.7 Å². The van der Waals surface area contributed by atoms with E-state index in [2.05, 4.69) is 6.58 Å². The Morgan fingerprint density at radius 3 is 2.57 bits per heavy atom. The summed E-state index contributed by atoms with van der Waals surface area (Å²) >= 11 is 0. The number of hydrogen-bond acceptors (Lipinski definition) is 0. The van der Waals surface area contributed by atoms with Crippen LogP contribution in [0.4, 0.5) is 0 Å². The lowest BCUT2D eigenvalue weighted by atomic mass is 10.1. The molecule has 0 aliphatic rings.